The van der Waals surface area contributed by atoms with Crippen molar-refractivity contribution in [1.82, 2.24) is 5.32 Å². The quantitative estimate of drug-likeness (QED) is 0.655. The van der Waals surface area contributed by atoms with Gasteiger partial charge >= 0.3 is 0 Å². The van der Waals surface area contributed by atoms with Crippen LogP contribution in [0.1, 0.15) is 15.9 Å². The molecule has 1 N–H and O–H groups in total. The number of hydrogen-bond donors (Lipinski definition) is 1. The molecule has 7 heteroatoms. The van der Waals surface area contributed by atoms with Gasteiger partial charge in [-0.3, -0.25) is 14.9 Å². The van der Waals surface area contributed by atoms with Crippen LogP contribution in [0.5, 0.6) is 0 Å². The summed E-state index contributed by atoms with van der Waals surface area (Å²) < 4.78 is 0.613. The molecule has 108 valence electrons. The minimum atomic E-state index is -0.479. The minimum absolute atomic E-state index is 0.0295. The Hall–Kier alpha value is -1.92. The van der Waals surface area contributed by atoms with E-state index in [4.69, 9.17) is 11.6 Å². The summed E-state index contributed by atoms with van der Waals surface area (Å²) in [6, 6.07) is 11.3. The molecule has 0 aromatic heterocycles. The highest BCUT2D eigenvalue weighted by atomic mass is 79.9. The summed E-state index contributed by atoms with van der Waals surface area (Å²) in [4.78, 5) is 22.5. The second-order valence-corrected chi connectivity index (χ2v) is 5.40. The van der Waals surface area contributed by atoms with Crippen molar-refractivity contribution in [3.05, 3.63) is 73.2 Å². The van der Waals surface area contributed by atoms with Crippen molar-refractivity contribution >= 4 is 39.1 Å². The maximum absolute atomic E-state index is 12.1. The third-order valence-corrected chi connectivity index (χ3v) is 4.12. The molecule has 0 spiro atoms. The summed E-state index contributed by atoms with van der Waals surface area (Å²) >= 11 is 9.28. The lowest BCUT2D eigenvalue weighted by molar-refractivity contribution is -0.385. The molecule has 2 rings (SSSR count). The van der Waals surface area contributed by atoms with E-state index in [1.54, 1.807) is 36.4 Å². The molecule has 0 fully saturated rings. The van der Waals surface area contributed by atoms with Crippen LogP contribution in [0.25, 0.3) is 0 Å². The summed E-state index contributed by atoms with van der Waals surface area (Å²) in [5, 5.41) is 13.8. The molecule has 2 aromatic carbocycles. The van der Waals surface area contributed by atoms with E-state index in [-0.39, 0.29) is 18.1 Å². The second-order valence-electron chi connectivity index (χ2n) is 4.17. The average molecular weight is 370 g/mol. The number of amides is 1. The largest absolute Gasteiger partial charge is 0.348 e. The summed E-state index contributed by atoms with van der Waals surface area (Å²) in [7, 11) is 0. The van der Waals surface area contributed by atoms with Crippen molar-refractivity contribution in [2.75, 3.05) is 0 Å². The number of carbonyl (C=O) groups excluding carboxylic acids is 1. The lowest BCUT2D eigenvalue weighted by atomic mass is 10.1. The highest BCUT2D eigenvalue weighted by molar-refractivity contribution is 9.10. The van der Waals surface area contributed by atoms with Crippen LogP contribution in [0.4, 0.5) is 5.69 Å². The van der Waals surface area contributed by atoms with E-state index in [2.05, 4.69) is 21.2 Å². The van der Waals surface area contributed by atoms with Gasteiger partial charge < -0.3 is 5.32 Å². The predicted octanol–water partition coefficient (Wildman–Crippen LogP) is 3.94. The Morgan fingerprint density at radius 1 is 1.24 bits per heavy atom. The third-order valence-electron chi connectivity index (χ3n) is 2.82. The normalized spacial score (nSPS) is 10.2. The molecule has 21 heavy (non-hydrogen) atoms. The van der Waals surface area contributed by atoms with Crippen LogP contribution in [0.3, 0.4) is 0 Å². The number of nitro benzene ring substituents is 1. The fourth-order valence-corrected chi connectivity index (χ4v) is 2.37. The zero-order valence-electron chi connectivity index (χ0n) is 10.7. The average Bonchev–Trinajstić information content (AvgIpc) is 2.47. The van der Waals surface area contributed by atoms with E-state index in [1.165, 1.54) is 6.07 Å². The molecule has 5 nitrogen and oxygen atoms in total. The van der Waals surface area contributed by atoms with Crippen LogP contribution in [0.2, 0.25) is 5.02 Å². The number of hydrogen-bond acceptors (Lipinski definition) is 3. The first-order valence-corrected chi connectivity index (χ1v) is 7.12. The van der Waals surface area contributed by atoms with Crippen LogP contribution in [-0.2, 0) is 6.54 Å². The highest BCUT2D eigenvalue weighted by Gasteiger charge is 2.15. The van der Waals surface area contributed by atoms with Gasteiger partial charge in [0.05, 0.1) is 15.5 Å². The Morgan fingerprint density at radius 3 is 2.67 bits per heavy atom. The van der Waals surface area contributed by atoms with Gasteiger partial charge in [0, 0.05) is 22.6 Å². The molecule has 0 aliphatic carbocycles. The van der Waals surface area contributed by atoms with Crippen molar-refractivity contribution in [3.63, 3.8) is 0 Å². The number of benzene rings is 2. The number of carbonyl (C=O) groups is 1. The van der Waals surface area contributed by atoms with Crippen molar-refractivity contribution in [3.8, 4) is 0 Å². The van der Waals surface area contributed by atoms with Crippen molar-refractivity contribution < 1.29 is 9.72 Å². The molecule has 2 aromatic rings. The molecular weight excluding hydrogens is 360 g/mol. The lowest BCUT2D eigenvalue weighted by Gasteiger charge is -2.08. The summed E-state index contributed by atoms with van der Waals surface area (Å²) in [6.07, 6.45) is 0. The topological polar surface area (TPSA) is 72.2 Å². The van der Waals surface area contributed by atoms with Crippen molar-refractivity contribution in [2.45, 2.75) is 6.54 Å². The van der Waals surface area contributed by atoms with Gasteiger partial charge in [0.1, 0.15) is 0 Å². The minimum Gasteiger partial charge on any atom is -0.348 e. The predicted molar refractivity (Wildman–Crippen MR) is 83.4 cm³/mol. The smallest absolute Gasteiger partial charge is 0.274 e. The summed E-state index contributed by atoms with van der Waals surface area (Å²) in [5.74, 6) is -0.389. The SMILES string of the molecule is O=C(NCc1ccccc1[N+](=O)[O-])c1cccc(Br)c1Cl. The number of nitrogens with zero attached hydrogens (tertiary/aromatic N) is 1. The van der Waals surface area contributed by atoms with Gasteiger partial charge in [-0.05, 0) is 28.1 Å². The third kappa shape index (κ3) is 3.59. The Labute approximate surface area is 134 Å². The molecule has 0 atom stereocenters. The van der Waals surface area contributed by atoms with Gasteiger partial charge in [-0.25, -0.2) is 0 Å². The van der Waals surface area contributed by atoms with Gasteiger partial charge in [-0.2, -0.15) is 0 Å². The molecule has 0 radical (unpaired) electrons. The van der Waals surface area contributed by atoms with E-state index in [0.29, 0.717) is 20.6 Å². The molecule has 0 aliphatic rings. The number of nitro groups is 1. The monoisotopic (exact) mass is 368 g/mol. The Morgan fingerprint density at radius 2 is 1.95 bits per heavy atom. The zero-order chi connectivity index (χ0) is 15.4. The molecule has 0 aliphatic heterocycles. The van der Waals surface area contributed by atoms with E-state index in [1.807, 2.05) is 0 Å². The molecule has 0 saturated heterocycles. The molecule has 0 bridgehead atoms. The maximum atomic E-state index is 12.1. The molecule has 0 saturated carbocycles. The van der Waals surface area contributed by atoms with Gasteiger partial charge in [0.2, 0.25) is 0 Å². The van der Waals surface area contributed by atoms with Gasteiger partial charge in [0.15, 0.2) is 0 Å². The van der Waals surface area contributed by atoms with E-state index in [9.17, 15) is 14.9 Å². The zero-order valence-corrected chi connectivity index (χ0v) is 13.0. The first kappa shape index (κ1) is 15.5. The van der Waals surface area contributed by atoms with Crippen LogP contribution in [-0.4, -0.2) is 10.8 Å². The Kier molecular flexibility index (Phi) is 4.93. The molecular formula is C14H10BrClN2O3. The fraction of sp³-hybridized carbons (Fsp3) is 0.0714. The lowest BCUT2D eigenvalue weighted by Crippen LogP contribution is -2.23. The molecule has 0 heterocycles. The van der Waals surface area contributed by atoms with E-state index < -0.39 is 4.92 Å². The van der Waals surface area contributed by atoms with Crippen molar-refractivity contribution in [1.29, 1.82) is 0 Å². The number of nitrogens with one attached hydrogen (secondary N) is 1. The fourth-order valence-electron chi connectivity index (χ4n) is 1.79. The van der Waals surface area contributed by atoms with Crippen LogP contribution in [0, 0.1) is 10.1 Å². The summed E-state index contributed by atoms with van der Waals surface area (Å²) in [5.41, 5.74) is 0.713. The van der Waals surface area contributed by atoms with Crippen molar-refractivity contribution in [2.24, 2.45) is 0 Å². The first-order chi connectivity index (χ1) is 10.0. The molecule has 1 amide bonds. The van der Waals surface area contributed by atoms with Crippen LogP contribution >= 0.6 is 27.5 Å². The van der Waals surface area contributed by atoms with Gasteiger partial charge in [-0.1, -0.05) is 35.9 Å². The second kappa shape index (κ2) is 6.69. The highest BCUT2D eigenvalue weighted by Crippen LogP contribution is 2.26. The Bertz CT molecular complexity index is 706. The van der Waals surface area contributed by atoms with Crippen LogP contribution < -0.4 is 5.32 Å². The van der Waals surface area contributed by atoms with Gasteiger partial charge in [-0.15, -0.1) is 0 Å². The van der Waals surface area contributed by atoms with E-state index in [0.717, 1.165) is 0 Å². The Balaban J connectivity index is 2.15. The number of para-hydroxylation sites is 1. The summed E-state index contributed by atoms with van der Waals surface area (Å²) in [6.45, 7) is 0.0544. The number of halogens is 2. The first-order valence-electron chi connectivity index (χ1n) is 5.95. The van der Waals surface area contributed by atoms with Gasteiger partial charge in [0.25, 0.3) is 11.6 Å². The molecule has 0 unspecified atom stereocenters. The maximum Gasteiger partial charge on any atom is 0.274 e. The number of rotatable bonds is 4. The standard InChI is InChI=1S/C14H10BrClN2O3/c15-11-6-3-5-10(13(11)16)14(19)17-8-9-4-1-2-7-12(9)18(20)21/h1-7H,8H2,(H,17,19). The van der Waals surface area contributed by atoms with Crippen LogP contribution in [0.15, 0.2) is 46.9 Å². The van der Waals surface area contributed by atoms with E-state index >= 15 is 0 Å².